The van der Waals surface area contributed by atoms with Crippen LogP contribution in [0.15, 0.2) is 160 Å². The lowest BCUT2D eigenvalue weighted by Crippen LogP contribution is -2.50. The van der Waals surface area contributed by atoms with Crippen LogP contribution in [0.2, 0.25) is 0 Å². The molecule has 446 valence electrons. The molecule has 0 aliphatic carbocycles. The summed E-state index contributed by atoms with van der Waals surface area (Å²) in [6, 6.07) is 34.0. The van der Waals surface area contributed by atoms with E-state index in [9.17, 15) is 26.3 Å². The van der Waals surface area contributed by atoms with Crippen molar-refractivity contribution in [1.82, 2.24) is 19.9 Å². The first-order valence-electron chi connectivity index (χ1n) is 26.9. The largest absolute Gasteiger partial charge is 0.460 e. The fraction of sp³-hybridized carbons (Fsp3) is 0.281. The zero-order valence-corrected chi connectivity index (χ0v) is 49.8. The van der Waals surface area contributed by atoms with Crippen molar-refractivity contribution in [2.45, 2.75) is 154 Å². The van der Waals surface area contributed by atoms with E-state index in [-0.39, 0.29) is 86.3 Å². The number of halogens is 14. The Kier molecular flexibility index (Phi) is 15.5. The SMILES string of the molecule is CC(C)c1ccc(Sc2cc3c4cc(Sc5ccc(C(C)C)cc5)c5nc(C(F)(F)C(F)(F)C(F)(F)F)nc6c(Sc7ccc(C(C)C)cc7)cc(c7cc(Sc8ccc(C(C)C)cc8)c8nc(C(F)(F)C(F)(F)C(F)(F)F)nc2c8c37)c4c56)cc1. The average Bonchev–Trinajstić information content (AvgIpc) is 0.688. The highest BCUT2D eigenvalue weighted by atomic mass is 32.2. The van der Waals surface area contributed by atoms with Gasteiger partial charge in [-0.2, -0.15) is 61.5 Å². The first-order valence-corrected chi connectivity index (χ1v) is 30.2. The smallest absolute Gasteiger partial charge is 0.225 e. The summed E-state index contributed by atoms with van der Waals surface area (Å²) >= 11 is 3.71. The van der Waals surface area contributed by atoms with Gasteiger partial charge < -0.3 is 0 Å². The topological polar surface area (TPSA) is 51.6 Å². The minimum atomic E-state index is -6.77. The number of nitrogens with zero attached hydrogens (tertiary/aromatic N) is 4. The van der Waals surface area contributed by atoms with Gasteiger partial charge in [0.05, 0.1) is 22.1 Å². The first-order chi connectivity index (χ1) is 40.2. The van der Waals surface area contributed by atoms with Crippen LogP contribution in [0.25, 0.3) is 65.2 Å². The fourth-order valence-corrected chi connectivity index (χ4v) is 14.1. The Bertz CT molecular complexity index is 3870. The first kappa shape index (κ1) is 61.3. The molecule has 0 atom stereocenters. The molecule has 0 saturated carbocycles. The maximum atomic E-state index is 16.4. The number of rotatable bonds is 16. The number of alkyl halides is 14. The van der Waals surface area contributed by atoms with E-state index < -0.39 is 69.8 Å². The lowest BCUT2D eigenvalue weighted by molar-refractivity contribution is -0.361. The number of benzene rings is 9. The molecule has 4 nitrogen and oxygen atoms in total. The Balaban J connectivity index is 1.34. The van der Waals surface area contributed by atoms with Gasteiger partial charge in [-0.05, 0) is 140 Å². The molecule has 0 N–H and O–H groups in total. The third-order valence-corrected chi connectivity index (χ3v) is 19.3. The van der Waals surface area contributed by atoms with Gasteiger partial charge in [0.1, 0.15) is 0 Å². The molecule has 0 aliphatic heterocycles. The summed E-state index contributed by atoms with van der Waals surface area (Å²) in [6.45, 7) is 15.6. The monoisotopic (exact) mass is 1270 g/mol. The van der Waals surface area contributed by atoms with Crippen LogP contribution < -0.4 is 0 Å². The number of hydrogen-bond acceptors (Lipinski definition) is 8. The molecule has 2 heterocycles. The molecule has 0 saturated heterocycles. The van der Waals surface area contributed by atoms with Gasteiger partial charge in [0.2, 0.25) is 11.6 Å². The predicted molar refractivity (Wildman–Crippen MR) is 313 cm³/mol. The highest BCUT2D eigenvalue weighted by Gasteiger charge is 2.76. The van der Waals surface area contributed by atoms with Crippen LogP contribution in [0.3, 0.4) is 0 Å². The van der Waals surface area contributed by atoms with Gasteiger partial charge in [-0.3, -0.25) is 0 Å². The summed E-state index contributed by atoms with van der Waals surface area (Å²) in [7, 11) is 0. The number of fused-ring (bicyclic) bond motifs is 2. The van der Waals surface area contributed by atoms with Crippen LogP contribution >= 0.6 is 47.0 Å². The highest BCUT2D eigenvalue weighted by Crippen LogP contribution is 2.58. The molecule has 2 aromatic heterocycles. The van der Waals surface area contributed by atoms with E-state index in [0.29, 0.717) is 19.6 Å². The number of hydrogen-bond donors (Lipinski definition) is 0. The molecule has 11 aromatic rings. The Hall–Kier alpha value is -6.36. The summed E-state index contributed by atoms with van der Waals surface area (Å²) in [5, 5.41) is 1.37. The van der Waals surface area contributed by atoms with Gasteiger partial charge in [-0.15, -0.1) is 0 Å². The Morgan fingerprint density at radius 1 is 0.291 bits per heavy atom. The third kappa shape index (κ3) is 10.4. The van der Waals surface area contributed by atoms with Gasteiger partial charge in [-0.25, -0.2) is 19.9 Å². The molecule has 86 heavy (non-hydrogen) atoms. The average molecular weight is 1270 g/mol. The van der Waals surface area contributed by atoms with E-state index in [0.717, 1.165) is 69.3 Å². The second kappa shape index (κ2) is 21.7. The molecule has 0 fully saturated rings. The van der Waals surface area contributed by atoms with Crippen LogP contribution in [0.1, 0.15) is 113 Å². The normalized spacial score (nSPS) is 13.6. The molecule has 22 heteroatoms. The Morgan fingerprint density at radius 2 is 0.488 bits per heavy atom. The fourth-order valence-electron chi connectivity index (χ4n) is 10.3. The Labute approximate surface area is 500 Å². The molecule has 11 rings (SSSR count). The zero-order chi connectivity index (χ0) is 62.1. The Morgan fingerprint density at radius 3 is 0.663 bits per heavy atom. The molecular formula is C64H48F14N4S4. The minimum absolute atomic E-state index is 0.0264. The predicted octanol–water partition coefficient (Wildman–Crippen LogP) is 22.7. The minimum Gasteiger partial charge on any atom is -0.225 e. The summed E-state index contributed by atoms with van der Waals surface area (Å²) in [5.41, 5.74) is 1.88. The molecular weight excluding hydrogens is 1220 g/mol. The van der Waals surface area contributed by atoms with Gasteiger partial charge >= 0.3 is 36.0 Å². The van der Waals surface area contributed by atoms with Crippen LogP contribution in [0.5, 0.6) is 0 Å². The van der Waals surface area contributed by atoms with Crippen molar-refractivity contribution in [3.63, 3.8) is 0 Å². The molecule has 0 aliphatic rings. The van der Waals surface area contributed by atoms with E-state index in [2.05, 4.69) is 19.9 Å². The van der Waals surface area contributed by atoms with Crippen LogP contribution in [-0.2, 0) is 11.8 Å². The lowest BCUT2D eigenvalue weighted by atomic mass is 9.88. The van der Waals surface area contributed by atoms with Crippen molar-refractivity contribution in [2.75, 3.05) is 0 Å². The summed E-state index contributed by atoms with van der Waals surface area (Å²) in [6.07, 6.45) is -13.5. The maximum Gasteiger partial charge on any atom is 0.460 e. The second-order valence-electron chi connectivity index (χ2n) is 22.3. The molecule has 0 spiro atoms. The van der Waals surface area contributed by atoms with Crippen LogP contribution in [0, 0.1) is 0 Å². The van der Waals surface area contributed by atoms with E-state index in [1.807, 2.05) is 55.4 Å². The van der Waals surface area contributed by atoms with Crippen LogP contribution in [-0.4, -0.2) is 44.1 Å². The highest BCUT2D eigenvalue weighted by molar-refractivity contribution is 8.00. The van der Waals surface area contributed by atoms with Crippen LogP contribution in [0.4, 0.5) is 61.5 Å². The molecule has 0 unspecified atom stereocenters. The van der Waals surface area contributed by atoms with Gasteiger partial charge in [0.25, 0.3) is 0 Å². The van der Waals surface area contributed by atoms with Crippen molar-refractivity contribution in [3.8, 4) is 0 Å². The number of aromatic nitrogens is 4. The quantitative estimate of drug-likeness (QED) is 0.0539. The zero-order valence-electron chi connectivity index (χ0n) is 46.6. The molecule has 0 amide bonds. The van der Waals surface area contributed by atoms with Gasteiger partial charge in [0.15, 0.2) is 0 Å². The lowest BCUT2D eigenvalue weighted by Gasteiger charge is -2.28. The van der Waals surface area contributed by atoms with E-state index in [1.165, 1.54) is 24.3 Å². The summed E-state index contributed by atoms with van der Waals surface area (Å²) in [5.74, 6) is -29.5. The van der Waals surface area contributed by atoms with Gasteiger partial charge in [0, 0.05) is 60.7 Å². The van der Waals surface area contributed by atoms with Crippen molar-refractivity contribution < 1.29 is 61.5 Å². The summed E-state index contributed by atoms with van der Waals surface area (Å²) < 4.78 is 212. The van der Waals surface area contributed by atoms with Crippen molar-refractivity contribution in [3.05, 3.63) is 155 Å². The molecule has 0 bridgehead atoms. The van der Waals surface area contributed by atoms with Crippen molar-refractivity contribution in [1.29, 1.82) is 0 Å². The second-order valence-corrected chi connectivity index (χ2v) is 26.7. The van der Waals surface area contributed by atoms with E-state index >= 15 is 35.1 Å². The summed E-state index contributed by atoms with van der Waals surface area (Å²) in [4.78, 5) is 17.8. The van der Waals surface area contributed by atoms with E-state index in [4.69, 9.17) is 0 Å². The standard InChI is InChI=1S/C64H48F14N4S4/c1-29(2)33-9-17-37(18-10-33)83-45-25-41-42-26-47(85-39-21-13-35(14-22-39)31(5)6)55-52-50(42)44(28-48(86-40-23-15-36(16-24-40)32(7)8)56(52)82-58(81-55)60(67,68)62(71,72)64(76,77)78)43-27-46(84-38-19-11-34(12-20-38)30(3)4)54-51(49(41)43)53(45)79-57(80-54)59(65,66)61(69,70)63(73,74)75/h9-32H,1-8H3. The maximum absolute atomic E-state index is 16.4. The van der Waals surface area contributed by atoms with Crippen molar-refractivity contribution >= 4 is 112 Å². The van der Waals surface area contributed by atoms with Crippen molar-refractivity contribution in [2.24, 2.45) is 0 Å². The van der Waals surface area contributed by atoms with Gasteiger partial charge in [-0.1, -0.05) is 151 Å². The molecule has 9 aromatic carbocycles. The molecule has 0 radical (unpaired) electrons. The van der Waals surface area contributed by atoms with E-state index in [1.54, 1.807) is 97.1 Å². The third-order valence-electron chi connectivity index (χ3n) is 15.2.